The first-order chi connectivity index (χ1) is 12.5. The van der Waals surface area contributed by atoms with Crippen LogP contribution in [0.25, 0.3) is 0 Å². The predicted molar refractivity (Wildman–Crippen MR) is 100 cm³/mol. The molecule has 2 aromatic carbocycles. The van der Waals surface area contributed by atoms with Gasteiger partial charge in [0, 0.05) is 13.1 Å². The van der Waals surface area contributed by atoms with E-state index in [1.54, 1.807) is 12.1 Å². The summed E-state index contributed by atoms with van der Waals surface area (Å²) in [7, 11) is -3.64. The molecule has 5 nitrogen and oxygen atoms in total. The Labute approximate surface area is 153 Å². The van der Waals surface area contributed by atoms with Crippen molar-refractivity contribution < 1.29 is 13.2 Å². The number of carbonyl (C=O) groups is 1. The zero-order chi connectivity index (χ0) is 18.1. The molecule has 0 N–H and O–H groups in total. The van der Waals surface area contributed by atoms with Gasteiger partial charge in [-0.05, 0) is 61.1 Å². The van der Waals surface area contributed by atoms with Gasteiger partial charge in [-0.3, -0.25) is 9.10 Å². The highest BCUT2D eigenvalue weighted by Crippen LogP contribution is 2.44. The highest BCUT2D eigenvalue weighted by Gasteiger charge is 2.40. The normalized spacial score (nSPS) is 21.1. The lowest BCUT2D eigenvalue weighted by molar-refractivity contribution is -0.119. The van der Waals surface area contributed by atoms with E-state index in [1.807, 2.05) is 36.1 Å². The van der Waals surface area contributed by atoms with Gasteiger partial charge in [0.05, 0.1) is 22.2 Å². The molecule has 1 unspecified atom stereocenters. The van der Waals surface area contributed by atoms with Crippen molar-refractivity contribution >= 4 is 27.3 Å². The number of carbonyl (C=O) groups excluding carboxylic acids is 1. The Balaban J connectivity index is 1.65. The van der Waals surface area contributed by atoms with Crippen LogP contribution in [0.15, 0.2) is 41.3 Å². The number of fused-ring (bicyclic) bond motifs is 1. The second kappa shape index (κ2) is 5.33. The number of hydrogen-bond donors (Lipinski definition) is 0. The topological polar surface area (TPSA) is 57.7 Å². The Morgan fingerprint density at radius 2 is 1.85 bits per heavy atom. The van der Waals surface area contributed by atoms with Gasteiger partial charge in [0.1, 0.15) is 0 Å². The molecule has 1 atom stereocenters. The molecule has 5 rings (SSSR count). The fourth-order valence-electron chi connectivity index (χ4n) is 4.50. The van der Waals surface area contributed by atoms with Gasteiger partial charge < -0.3 is 4.90 Å². The first-order valence-corrected chi connectivity index (χ1v) is 10.5. The van der Waals surface area contributed by atoms with Crippen LogP contribution in [-0.2, 0) is 27.7 Å². The molecule has 0 aromatic heterocycles. The Kier molecular flexibility index (Phi) is 3.26. The number of sulfonamides is 1. The minimum absolute atomic E-state index is 0.0852. The van der Waals surface area contributed by atoms with Crippen LogP contribution in [0.2, 0.25) is 0 Å². The highest BCUT2D eigenvalue weighted by molar-refractivity contribution is 7.92. The number of aryl methyl sites for hydroxylation is 1. The molecule has 0 fully saturated rings. The summed E-state index contributed by atoms with van der Waals surface area (Å²) >= 11 is 0. The van der Waals surface area contributed by atoms with Crippen molar-refractivity contribution in [1.82, 2.24) is 0 Å². The molecule has 1 amide bonds. The quantitative estimate of drug-likeness (QED) is 0.819. The molecule has 0 spiro atoms. The lowest BCUT2D eigenvalue weighted by Crippen LogP contribution is -2.32. The molecule has 3 aliphatic rings. The molecule has 6 heteroatoms. The van der Waals surface area contributed by atoms with Gasteiger partial charge in [0.15, 0.2) is 0 Å². The van der Waals surface area contributed by atoms with Crippen molar-refractivity contribution in [2.45, 2.75) is 37.0 Å². The maximum Gasteiger partial charge on any atom is 0.264 e. The van der Waals surface area contributed by atoms with Gasteiger partial charge in [-0.15, -0.1) is 0 Å². The minimum Gasteiger partial charge on any atom is -0.311 e. The summed E-state index contributed by atoms with van der Waals surface area (Å²) in [6, 6.07) is 11.2. The average Bonchev–Trinajstić information content (AvgIpc) is 3.19. The van der Waals surface area contributed by atoms with E-state index in [2.05, 4.69) is 0 Å². The molecule has 0 saturated heterocycles. The fraction of sp³-hybridized carbons (Fsp3) is 0.350. The van der Waals surface area contributed by atoms with Gasteiger partial charge in [-0.2, -0.15) is 0 Å². The van der Waals surface area contributed by atoms with Crippen molar-refractivity contribution in [2.24, 2.45) is 0 Å². The van der Waals surface area contributed by atoms with E-state index >= 15 is 0 Å². The fourth-order valence-corrected chi connectivity index (χ4v) is 6.09. The molecule has 3 aliphatic heterocycles. The number of para-hydroxylation sites is 1. The minimum atomic E-state index is -3.64. The monoisotopic (exact) mass is 368 g/mol. The largest absolute Gasteiger partial charge is 0.311 e. The Hall–Kier alpha value is -2.34. The number of rotatable bonds is 2. The smallest absolute Gasteiger partial charge is 0.264 e. The molecule has 26 heavy (non-hydrogen) atoms. The van der Waals surface area contributed by atoms with E-state index in [1.165, 1.54) is 4.31 Å². The summed E-state index contributed by atoms with van der Waals surface area (Å²) in [4.78, 5) is 14.7. The van der Waals surface area contributed by atoms with Crippen LogP contribution in [0.1, 0.15) is 36.0 Å². The number of hydrogen-bond acceptors (Lipinski definition) is 3. The van der Waals surface area contributed by atoms with Crippen molar-refractivity contribution in [2.75, 3.05) is 22.3 Å². The average molecular weight is 368 g/mol. The van der Waals surface area contributed by atoms with E-state index in [4.69, 9.17) is 0 Å². The van der Waals surface area contributed by atoms with Gasteiger partial charge in [0.2, 0.25) is 5.91 Å². The molecule has 0 saturated carbocycles. The summed E-state index contributed by atoms with van der Waals surface area (Å²) in [5.74, 6) is -0.190. The summed E-state index contributed by atoms with van der Waals surface area (Å²) in [6.07, 6.45) is 2.43. The first kappa shape index (κ1) is 15.9. The molecule has 134 valence electrons. The standard InChI is InChI=1S/C20H20N2O3S/c1-13-17-12-16(11-15-6-4-9-21(19(15)17)20(13)23)26(24,25)22-10-8-14-5-2-3-7-18(14)22/h2-3,5,7,11-13H,4,6,8-10H2,1H3. The SMILES string of the molecule is CC1C(=O)N2CCCc3cc(S(=O)(=O)N4CCc5ccccc54)cc1c32. The lowest BCUT2D eigenvalue weighted by Gasteiger charge is -2.27. The molecular weight excluding hydrogens is 348 g/mol. The van der Waals surface area contributed by atoms with E-state index in [0.29, 0.717) is 11.4 Å². The van der Waals surface area contributed by atoms with Crippen LogP contribution in [-0.4, -0.2) is 27.4 Å². The van der Waals surface area contributed by atoms with Crippen molar-refractivity contribution in [3.63, 3.8) is 0 Å². The Bertz CT molecular complexity index is 1050. The van der Waals surface area contributed by atoms with Crippen molar-refractivity contribution in [1.29, 1.82) is 0 Å². The van der Waals surface area contributed by atoms with Crippen LogP contribution in [0.4, 0.5) is 11.4 Å². The third-order valence-corrected chi connectivity index (χ3v) is 7.62. The van der Waals surface area contributed by atoms with Crippen molar-refractivity contribution in [3.05, 3.63) is 53.1 Å². The van der Waals surface area contributed by atoms with E-state index < -0.39 is 10.0 Å². The second-order valence-electron chi connectivity index (χ2n) is 7.29. The van der Waals surface area contributed by atoms with Crippen LogP contribution >= 0.6 is 0 Å². The number of benzene rings is 2. The van der Waals surface area contributed by atoms with Crippen LogP contribution < -0.4 is 9.21 Å². The van der Waals surface area contributed by atoms with E-state index in [9.17, 15) is 13.2 Å². The van der Waals surface area contributed by atoms with E-state index in [0.717, 1.165) is 53.9 Å². The maximum atomic E-state index is 13.4. The molecule has 0 bridgehead atoms. The second-order valence-corrected chi connectivity index (χ2v) is 9.15. The summed E-state index contributed by atoms with van der Waals surface area (Å²) in [6.45, 7) is 3.07. The van der Waals surface area contributed by atoms with Gasteiger partial charge in [0.25, 0.3) is 10.0 Å². The van der Waals surface area contributed by atoms with Gasteiger partial charge in [-0.1, -0.05) is 18.2 Å². The van der Waals surface area contributed by atoms with Crippen LogP contribution in [0.5, 0.6) is 0 Å². The summed E-state index contributed by atoms with van der Waals surface area (Å²) in [5.41, 5.74) is 4.63. The van der Waals surface area contributed by atoms with Gasteiger partial charge in [-0.25, -0.2) is 8.42 Å². The van der Waals surface area contributed by atoms with Crippen LogP contribution in [0.3, 0.4) is 0 Å². The number of anilines is 2. The third kappa shape index (κ3) is 2.02. The highest BCUT2D eigenvalue weighted by atomic mass is 32.2. The van der Waals surface area contributed by atoms with Gasteiger partial charge >= 0.3 is 0 Å². The molecule has 0 radical (unpaired) electrons. The number of amides is 1. The molecule has 0 aliphatic carbocycles. The maximum absolute atomic E-state index is 13.4. The number of nitrogens with zero attached hydrogens (tertiary/aromatic N) is 2. The van der Waals surface area contributed by atoms with E-state index in [-0.39, 0.29) is 11.8 Å². The summed E-state index contributed by atoms with van der Waals surface area (Å²) < 4.78 is 28.3. The van der Waals surface area contributed by atoms with Crippen LogP contribution in [0, 0.1) is 0 Å². The predicted octanol–water partition coefficient (Wildman–Crippen LogP) is 2.83. The molecule has 3 heterocycles. The lowest BCUT2D eigenvalue weighted by atomic mass is 9.97. The first-order valence-electron chi connectivity index (χ1n) is 9.07. The molecule has 2 aromatic rings. The Morgan fingerprint density at radius 3 is 2.69 bits per heavy atom. The zero-order valence-electron chi connectivity index (χ0n) is 14.6. The zero-order valence-corrected chi connectivity index (χ0v) is 15.4. The molecular formula is C20H20N2O3S. The Morgan fingerprint density at radius 1 is 1.04 bits per heavy atom. The third-order valence-electron chi connectivity index (χ3n) is 5.83. The van der Waals surface area contributed by atoms with Crippen molar-refractivity contribution in [3.8, 4) is 0 Å². The summed E-state index contributed by atoms with van der Waals surface area (Å²) in [5, 5.41) is 0.